The highest BCUT2D eigenvalue weighted by Crippen LogP contribution is 2.40. The minimum absolute atomic E-state index is 0.212. The molecule has 4 aromatic rings. The van der Waals surface area contributed by atoms with Gasteiger partial charge in [-0.05, 0) is 42.5 Å². The first-order valence-corrected chi connectivity index (χ1v) is 10.3. The third-order valence-corrected chi connectivity index (χ3v) is 6.14. The third-order valence-electron chi connectivity index (χ3n) is 4.72. The molecule has 1 aromatic heterocycles. The summed E-state index contributed by atoms with van der Waals surface area (Å²) in [6.45, 7) is 0. The van der Waals surface area contributed by atoms with E-state index in [9.17, 15) is 13.2 Å². The molecule has 29 heavy (non-hydrogen) atoms. The molecular weight excluding hydrogens is 388 g/mol. The fourth-order valence-corrected chi connectivity index (χ4v) is 4.67. The maximum absolute atomic E-state index is 12.7. The van der Waals surface area contributed by atoms with Crippen LogP contribution < -0.4 is 10.0 Å². The van der Waals surface area contributed by atoms with E-state index >= 15 is 0 Å². The molecule has 142 valence electrons. The van der Waals surface area contributed by atoms with Gasteiger partial charge >= 0.3 is 0 Å². The molecule has 8 heteroatoms. The Morgan fingerprint density at radius 3 is 2.52 bits per heavy atom. The van der Waals surface area contributed by atoms with Crippen LogP contribution in [0.1, 0.15) is 10.4 Å². The van der Waals surface area contributed by atoms with Gasteiger partial charge in [-0.1, -0.05) is 18.2 Å². The van der Waals surface area contributed by atoms with E-state index in [1.54, 1.807) is 73.1 Å². The molecule has 0 atom stereocenters. The molecule has 5 rings (SSSR count). The second-order valence-corrected chi connectivity index (χ2v) is 8.23. The second kappa shape index (κ2) is 6.39. The highest BCUT2D eigenvalue weighted by molar-refractivity contribution is 7.93. The first-order chi connectivity index (χ1) is 14.0. The van der Waals surface area contributed by atoms with E-state index in [2.05, 4.69) is 20.0 Å². The average molecular weight is 402 g/mol. The quantitative estimate of drug-likeness (QED) is 0.533. The van der Waals surface area contributed by atoms with Gasteiger partial charge < -0.3 is 5.32 Å². The van der Waals surface area contributed by atoms with Crippen LogP contribution in [0.2, 0.25) is 0 Å². The van der Waals surface area contributed by atoms with Crippen molar-refractivity contribution in [1.82, 2.24) is 9.97 Å². The van der Waals surface area contributed by atoms with E-state index in [1.165, 1.54) is 0 Å². The Labute approximate surface area is 166 Å². The molecule has 0 fully saturated rings. The molecule has 7 nitrogen and oxygen atoms in total. The predicted octanol–water partition coefficient (Wildman–Crippen LogP) is 3.66. The number of hydrogen-bond acceptors (Lipinski definition) is 5. The van der Waals surface area contributed by atoms with Crippen LogP contribution >= 0.6 is 0 Å². The summed E-state index contributed by atoms with van der Waals surface area (Å²) < 4.78 is 27.4. The zero-order valence-electron chi connectivity index (χ0n) is 15.0. The molecule has 0 radical (unpaired) electrons. The van der Waals surface area contributed by atoms with Crippen molar-refractivity contribution in [2.45, 2.75) is 4.90 Å². The molecule has 1 aliphatic heterocycles. The lowest BCUT2D eigenvalue weighted by atomic mass is 10.0. The summed E-state index contributed by atoms with van der Waals surface area (Å²) in [6, 6.07) is 16.9. The molecule has 3 aromatic carbocycles. The third kappa shape index (κ3) is 2.99. The van der Waals surface area contributed by atoms with Gasteiger partial charge in [-0.2, -0.15) is 0 Å². The van der Waals surface area contributed by atoms with Crippen molar-refractivity contribution >= 4 is 38.3 Å². The molecule has 1 aliphatic rings. The van der Waals surface area contributed by atoms with Gasteiger partial charge in [0, 0.05) is 34.8 Å². The summed E-state index contributed by atoms with van der Waals surface area (Å²) in [6.07, 6.45) is 3.17. The van der Waals surface area contributed by atoms with Gasteiger partial charge in [-0.3, -0.25) is 19.5 Å². The van der Waals surface area contributed by atoms with Crippen molar-refractivity contribution in [2.75, 3.05) is 10.0 Å². The van der Waals surface area contributed by atoms with E-state index in [0.29, 0.717) is 39.1 Å². The van der Waals surface area contributed by atoms with Crippen LogP contribution in [-0.2, 0) is 10.0 Å². The monoisotopic (exact) mass is 402 g/mol. The molecule has 0 saturated carbocycles. The Balaban J connectivity index is 1.50. The summed E-state index contributed by atoms with van der Waals surface area (Å²) >= 11 is 0. The number of nitrogens with zero attached hydrogens (tertiary/aromatic N) is 2. The van der Waals surface area contributed by atoms with Gasteiger partial charge in [0.15, 0.2) is 0 Å². The fraction of sp³-hybridized carbons (Fsp3) is 0. The van der Waals surface area contributed by atoms with Gasteiger partial charge in [0.05, 0.1) is 21.6 Å². The second-order valence-electron chi connectivity index (χ2n) is 6.58. The smallest absolute Gasteiger partial charge is 0.262 e. The van der Waals surface area contributed by atoms with Crippen LogP contribution in [0, 0.1) is 0 Å². The number of aromatic nitrogens is 2. The normalized spacial score (nSPS) is 13.8. The minimum Gasteiger partial charge on any atom is -0.322 e. The summed E-state index contributed by atoms with van der Waals surface area (Å²) in [5.74, 6) is -0.290. The zero-order valence-corrected chi connectivity index (χ0v) is 15.8. The van der Waals surface area contributed by atoms with Gasteiger partial charge in [-0.15, -0.1) is 0 Å². The number of amides is 1. The van der Waals surface area contributed by atoms with Crippen molar-refractivity contribution in [3.63, 3.8) is 0 Å². The molecule has 0 aliphatic carbocycles. The average Bonchev–Trinajstić information content (AvgIpc) is 2.74. The Morgan fingerprint density at radius 2 is 1.66 bits per heavy atom. The van der Waals surface area contributed by atoms with Crippen molar-refractivity contribution in [2.24, 2.45) is 0 Å². The molecule has 2 N–H and O–H groups in total. The summed E-state index contributed by atoms with van der Waals surface area (Å²) in [7, 11) is -3.61. The van der Waals surface area contributed by atoms with Gasteiger partial charge in [0.25, 0.3) is 15.9 Å². The number of fused-ring (bicyclic) bond motifs is 4. The van der Waals surface area contributed by atoms with Gasteiger partial charge in [0.1, 0.15) is 0 Å². The van der Waals surface area contributed by atoms with Crippen molar-refractivity contribution in [3.05, 3.63) is 78.6 Å². The van der Waals surface area contributed by atoms with Crippen LogP contribution in [0.3, 0.4) is 0 Å². The summed E-state index contributed by atoms with van der Waals surface area (Å²) in [5.41, 5.74) is 4.13. The Hall–Kier alpha value is -3.78. The number of nitrogens with one attached hydrogen (secondary N) is 2. The first kappa shape index (κ1) is 17.3. The molecule has 0 saturated heterocycles. The minimum atomic E-state index is -3.61. The largest absolute Gasteiger partial charge is 0.322 e. The first-order valence-electron chi connectivity index (χ1n) is 8.80. The van der Waals surface area contributed by atoms with Crippen LogP contribution in [0.4, 0.5) is 11.4 Å². The number of carbonyl (C=O) groups is 1. The lowest BCUT2D eigenvalue weighted by Gasteiger charge is -2.22. The van der Waals surface area contributed by atoms with E-state index in [1.807, 2.05) is 0 Å². The van der Waals surface area contributed by atoms with Crippen molar-refractivity contribution in [1.29, 1.82) is 0 Å². The summed E-state index contributed by atoms with van der Waals surface area (Å²) in [5, 5.41) is 2.86. The predicted molar refractivity (Wildman–Crippen MR) is 110 cm³/mol. The molecule has 2 heterocycles. The molecule has 0 spiro atoms. The van der Waals surface area contributed by atoms with Crippen LogP contribution in [-0.4, -0.2) is 24.3 Å². The lowest BCUT2D eigenvalue weighted by Crippen LogP contribution is -2.19. The Morgan fingerprint density at radius 1 is 0.862 bits per heavy atom. The number of benzene rings is 3. The van der Waals surface area contributed by atoms with E-state index in [0.717, 1.165) is 0 Å². The van der Waals surface area contributed by atoms with Gasteiger partial charge in [-0.25, -0.2) is 8.42 Å². The van der Waals surface area contributed by atoms with Crippen LogP contribution in [0.25, 0.3) is 22.2 Å². The number of anilines is 2. The fourth-order valence-electron chi connectivity index (χ4n) is 3.36. The topological polar surface area (TPSA) is 101 Å². The number of carbonyl (C=O) groups excluding carboxylic acids is 1. The van der Waals surface area contributed by atoms with Crippen molar-refractivity contribution < 1.29 is 13.2 Å². The molecule has 1 amide bonds. The van der Waals surface area contributed by atoms with E-state index in [-0.39, 0.29) is 10.8 Å². The maximum atomic E-state index is 12.7. The van der Waals surface area contributed by atoms with Gasteiger partial charge in [0.2, 0.25) is 0 Å². The summed E-state index contributed by atoms with van der Waals surface area (Å²) in [4.78, 5) is 21.3. The molecule has 0 unspecified atom stereocenters. The standard InChI is InChI=1S/C21H14N4O3S/c26-21(13-5-7-18-19(11-13)23-10-9-22-18)24-14-6-8-17-16(12-14)15-3-1-2-4-20(15)29(27,28)25-17/h1-12,25H,(H,24,26). The van der Waals surface area contributed by atoms with Crippen LogP contribution in [0.15, 0.2) is 78.0 Å². The van der Waals surface area contributed by atoms with E-state index < -0.39 is 10.0 Å². The number of hydrogen-bond donors (Lipinski definition) is 2. The lowest BCUT2D eigenvalue weighted by molar-refractivity contribution is 0.102. The molecule has 0 bridgehead atoms. The highest BCUT2D eigenvalue weighted by Gasteiger charge is 2.27. The highest BCUT2D eigenvalue weighted by atomic mass is 32.2. The number of rotatable bonds is 2. The zero-order chi connectivity index (χ0) is 20.0. The Kier molecular flexibility index (Phi) is 3.82. The van der Waals surface area contributed by atoms with Crippen molar-refractivity contribution in [3.8, 4) is 11.1 Å². The number of sulfonamides is 1. The SMILES string of the molecule is O=C(Nc1ccc2c(c1)-c1ccccc1S(=O)(=O)N2)c1ccc2nccnc2c1. The molecular formula is C21H14N4O3S. The Bertz CT molecular complexity index is 1400. The van der Waals surface area contributed by atoms with E-state index in [4.69, 9.17) is 0 Å². The van der Waals surface area contributed by atoms with Crippen LogP contribution in [0.5, 0.6) is 0 Å². The maximum Gasteiger partial charge on any atom is 0.262 e.